The minimum Gasteiger partial charge on any atom is -0.493 e. The van der Waals surface area contributed by atoms with Gasteiger partial charge in [0.15, 0.2) is 23.0 Å². The second-order valence-corrected chi connectivity index (χ2v) is 5.57. The summed E-state index contributed by atoms with van der Waals surface area (Å²) >= 11 is 0. The van der Waals surface area contributed by atoms with E-state index in [1.54, 1.807) is 24.3 Å². The van der Waals surface area contributed by atoms with Crippen molar-refractivity contribution >= 4 is 17.3 Å². The highest BCUT2D eigenvalue weighted by atomic mass is 16.6. The predicted molar refractivity (Wildman–Crippen MR) is 98.2 cm³/mol. The van der Waals surface area contributed by atoms with Gasteiger partial charge in [-0.2, -0.15) is 0 Å². The zero-order chi connectivity index (χ0) is 19.4. The summed E-state index contributed by atoms with van der Waals surface area (Å²) in [6.45, 7) is 0.863. The van der Waals surface area contributed by atoms with Crippen LogP contribution in [0.4, 0.5) is 11.4 Å². The van der Waals surface area contributed by atoms with Crippen LogP contribution in [-0.2, 0) is 4.74 Å². The molecule has 1 aliphatic rings. The van der Waals surface area contributed by atoms with Crippen LogP contribution in [0.25, 0.3) is 0 Å². The Morgan fingerprint density at radius 2 is 1.48 bits per heavy atom. The van der Waals surface area contributed by atoms with Gasteiger partial charge in [-0.05, 0) is 0 Å². The number of nitrogens with one attached hydrogen (secondary N) is 1. The van der Waals surface area contributed by atoms with Gasteiger partial charge < -0.3 is 33.7 Å². The first-order valence-electron chi connectivity index (χ1n) is 8.20. The van der Waals surface area contributed by atoms with Crippen molar-refractivity contribution in [2.45, 2.75) is 0 Å². The highest BCUT2D eigenvalue weighted by molar-refractivity contribution is 5.97. The molecule has 8 heteroatoms. The van der Waals surface area contributed by atoms with E-state index in [0.29, 0.717) is 58.9 Å². The molecule has 0 unspecified atom stereocenters. The molecule has 0 aromatic heterocycles. The number of methoxy groups -OCH3 is 4. The Kier molecular flexibility index (Phi) is 5.44. The molecular formula is C19H21NO7. The lowest BCUT2D eigenvalue weighted by Gasteiger charge is -2.21. The molecule has 0 atom stereocenters. The zero-order valence-electron chi connectivity index (χ0n) is 15.6. The molecule has 0 aliphatic carbocycles. The van der Waals surface area contributed by atoms with Gasteiger partial charge in [-0.15, -0.1) is 0 Å². The molecule has 27 heavy (non-hydrogen) atoms. The van der Waals surface area contributed by atoms with E-state index < -0.39 is 5.97 Å². The Hall–Kier alpha value is -3.29. The maximum atomic E-state index is 12.2. The predicted octanol–water partition coefficient (Wildman–Crippen LogP) is 3.01. The van der Waals surface area contributed by atoms with E-state index in [-0.39, 0.29) is 0 Å². The lowest BCUT2D eigenvalue weighted by atomic mass is 10.1. The SMILES string of the molecule is COC(=O)c1cc2c(cc1Nc1cc(OC)c(OC)c(OC)c1)OCCO2. The number of benzene rings is 2. The fourth-order valence-corrected chi connectivity index (χ4v) is 2.78. The standard InChI is InChI=1S/C19H21NO7/c1-22-16-7-11(8-17(23-2)18(16)24-3)20-13-10-15-14(26-5-6-27-15)9-12(13)19(21)25-4/h7-10,20H,5-6H2,1-4H3. The van der Waals surface area contributed by atoms with Crippen molar-refractivity contribution in [1.82, 2.24) is 0 Å². The van der Waals surface area contributed by atoms with E-state index in [9.17, 15) is 4.79 Å². The van der Waals surface area contributed by atoms with E-state index in [1.807, 2.05) is 0 Å². The van der Waals surface area contributed by atoms with Crippen molar-refractivity contribution in [2.24, 2.45) is 0 Å². The quantitative estimate of drug-likeness (QED) is 0.772. The summed E-state index contributed by atoms with van der Waals surface area (Å²) < 4.78 is 32.1. The van der Waals surface area contributed by atoms with Gasteiger partial charge in [-0.1, -0.05) is 0 Å². The molecule has 0 saturated heterocycles. The van der Waals surface area contributed by atoms with Crippen molar-refractivity contribution in [3.63, 3.8) is 0 Å². The Bertz CT molecular complexity index is 825. The number of esters is 1. The van der Waals surface area contributed by atoms with Crippen LogP contribution in [0.1, 0.15) is 10.4 Å². The highest BCUT2D eigenvalue weighted by Crippen LogP contribution is 2.42. The Morgan fingerprint density at radius 1 is 0.889 bits per heavy atom. The lowest BCUT2D eigenvalue weighted by Crippen LogP contribution is -2.17. The number of carbonyl (C=O) groups is 1. The molecule has 0 fully saturated rings. The number of anilines is 2. The first-order valence-corrected chi connectivity index (χ1v) is 8.20. The maximum absolute atomic E-state index is 12.2. The van der Waals surface area contributed by atoms with E-state index in [2.05, 4.69) is 5.32 Å². The van der Waals surface area contributed by atoms with Gasteiger partial charge in [0.2, 0.25) is 5.75 Å². The number of hydrogen-bond acceptors (Lipinski definition) is 8. The van der Waals surface area contributed by atoms with Crippen LogP contribution in [0.3, 0.4) is 0 Å². The number of carbonyl (C=O) groups excluding carboxylic acids is 1. The Labute approximate surface area is 156 Å². The normalized spacial score (nSPS) is 12.1. The summed E-state index contributed by atoms with van der Waals surface area (Å²) in [5.74, 6) is 1.98. The van der Waals surface area contributed by atoms with E-state index in [1.165, 1.54) is 28.4 Å². The second-order valence-electron chi connectivity index (χ2n) is 5.57. The van der Waals surface area contributed by atoms with Gasteiger partial charge in [0.25, 0.3) is 0 Å². The molecule has 1 aliphatic heterocycles. The largest absolute Gasteiger partial charge is 0.493 e. The summed E-state index contributed by atoms with van der Waals surface area (Å²) in [7, 11) is 5.92. The zero-order valence-corrected chi connectivity index (χ0v) is 15.6. The Balaban J connectivity index is 2.05. The number of hydrogen-bond donors (Lipinski definition) is 1. The molecule has 0 amide bonds. The fourth-order valence-electron chi connectivity index (χ4n) is 2.78. The third kappa shape index (κ3) is 3.64. The molecule has 1 N–H and O–H groups in total. The second kappa shape index (κ2) is 7.94. The molecule has 144 valence electrons. The van der Waals surface area contributed by atoms with Crippen LogP contribution < -0.4 is 29.0 Å². The first kappa shape index (κ1) is 18.5. The molecule has 0 saturated carbocycles. The van der Waals surface area contributed by atoms with Crippen LogP contribution in [0.15, 0.2) is 24.3 Å². The van der Waals surface area contributed by atoms with Gasteiger partial charge in [-0.25, -0.2) is 4.79 Å². The summed E-state index contributed by atoms with van der Waals surface area (Å²) in [6.07, 6.45) is 0. The molecule has 0 radical (unpaired) electrons. The molecule has 1 heterocycles. The smallest absolute Gasteiger partial charge is 0.340 e. The van der Waals surface area contributed by atoms with Crippen molar-refractivity contribution in [3.05, 3.63) is 29.8 Å². The fraction of sp³-hybridized carbons (Fsp3) is 0.316. The molecule has 2 aromatic carbocycles. The Morgan fingerprint density at radius 3 is 2.00 bits per heavy atom. The summed E-state index contributed by atoms with van der Waals surface area (Å²) in [6, 6.07) is 6.77. The van der Waals surface area contributed by atoms with Gasteiger partial charge in [-0.3, -0.25) is 0 Å². The van der Waals surface area contributed by atoms with Crippen molar-refractivity contribution in [1.29, 1.82) is 0 Å². The van der Waals surface area contributed by atoms with Gasteiger partial charge >= 0.3 is 5.97 Å². The third-order valence-corrected chi connectivity index (χ3v) is 4.03. The van der Waals surface area contributed by atoms with E-state index >= 15 is 0 Å². The number of rotatable bonds is 6. The monoisotopic (exact) mass is 375 g/mol. The van der Waals surface area contributed by atoms with E-state index in [4.69, 9.17) is 28.4 Å². The number of ether oxygens (including phenoxy) is 6. The highest BCUT2D eigenvalue weighted by Gasteiger charge is 2.21. The lowest BCUT2D eigenvalue weighted by molar-refractivity contribution is 0.0601. The molecule has 0 bridgehead atoms. The molecule has 8 nitrogen and oxygen atoms in total. The van der Waals surface area contributed by atoms with Crippen LogP contribution in [0, 0.1) is 0 Å². The van der Waals surface area contributed by atoms with Crippen LogP contribution in [-0.4, -0.2) is 47.6 Å². The average molecular weight is 375 g/mol. The van der Waals surface area contributed by atoms with Gasteiger partial charge in [0, 0.05) is 30.0 Å². The summed E-state index contributed by atoms with van der Waals surface area (Å²) in [4.78, 5) is 12.2. The first-order chi connectivity index (χ1) is 13.1. The van der Waals surface area contributed by atoms with Crippen LogP contribution in [0.2, 0.25) is 0 Å². The summed E-state index contributed by atoms with van der Waals surface area (Å²) in [5.41, 5.74) is 1.45. The van der Waals surface area contributed by atoms with Crippen molar-refractivity contribution in [2.75, 3.05) is 47.0 Å². The van der Waals surface area contributed by atoms with Crippen molar-refractivity contribution < 1.29 is 33.2 Å². The van der Waals surface area contributed by atoms with Crippen molar-refractivity contribution in [3.8, 4) is 28.7 Å². The van der Waals surface area contributed by atoms with Crippen LogP contribution >= 0.6 is 0 Å². The minimum absolute atomic E-state index is 0.315. The maximum Gasteiger partial charge on any atom is 0.340 e. The molecule has 0 spiro atoms. The minimum atomic E-state index is -0.498. The van der Waals surface area contributed by atoms with Gasteiger partial charge in [0.1, 0.15) is 13.2 Å². The number of fused-ring (bicyclic) bond motifs is 1. The third-order valence-electron chi connectivity index (χ3n) is 4.03. The summed E-state index contributed by atoms with van der Waals surface area (Å²) in [5, 5.41) is 3.19. The molecule has 3 rings (SSSR count). The molecular weight excluding hydrogens is 354 g/mol. The van der Waals surface area contributed by atoms with E-state index in [0.717, 1.165) is 0 Å². The average Bonchev–Trinajstić information content (AvgIpc) is 2.71. The van der Waals surface area contributed by atoms with Crippen LogP contribution in [0.5, 0.6) is 28.7 Å². The topological polar surface area (TPSA) is 84.5 Å². The molecule has 2 aromatic rings. The van der Waals surface area contributed by atoms with Gasteiger partial charge in [0.05, 0.1) is 39.7 Å².